The van der Waals surface area contributed by atoms with E-state index < -0.39 is 10.0 Å². The lowest BCUT2D eigenvalue weighted by atomic mass is 10.0. The van der Waals surface area contributed by atoms with Gasteiger partial charge in [0, 0.05) is 11.6 Å². The Morgan fingerprint density at radius 3 is 2.44 bits per heavy atom. The zero-order valence-corrected chi connectivity index (χ0v) is 16.1. The molecule has 0 aliphatic heterocycles. The molecule has 27 heavy (non-hydrogen) atoms. The molecule has 0 unspecified atom stereocenters. The number of hydrogen-bond donors (Lipinski definition) is 1. The molecule has 3 aromatic carbocycles. The first-order valence-electron chi connectivity index (χ1n) is 8.22. The zero-order chi connectivity index (χ0) is 19.4. The van der Waals surface area contributed by atoms with Crippen LogP contribution < -0.4 is 14.3 Å². The van der Waals surface area contributed by atoms with E-state index in [2.05, 4.69) is 9.93 Å². The summed E-state index contributed by atoms with van der Waals surface area (Å²) < 4.78 is 35.6. The lowest BCUT2D eigenvalue weighted by molar-refractivity contribution is 0.386. The van der Waals surface area contributed by atoms with Gasteiger partial charge in [0.2, 0.25) is 0 Å². The molecule has 0 saturated carbocycles. The number of nitrogens with one attached hydrogen (secondary N) is 1. The van der Waals surface area contributed by atoms with Crippen molar-refractivity contribution in [3.63, 3.8) is 0 Å². The van der Waals surface area contributed by atoms with Crippen molar-refractivity contribution < 1.29 is 17.9 Å². The van der Waals surface area contributed by atoms with Crippen molar-refractivity contribution in [1.29, 1.82) is 0 Å². The fourth-order valence-electron chi connectivity index (χ4n) is 2.78. The minimum Gasteiger partial charge on any atom is -0.497 e. The van der Waals surface area contributed by atoms with Crippen LogP contribution >= 0.6 is 0 Å². The Balaban J connectivity index is 1.94. The van der Waals surface area contributed by atoms with E-state index in [0.29, 0.717) is 11.5 Å². The molecular formula is C20H20N2O4S. The largest absolute Gasteiger partial charge is 0.497 e. The molecule has 140 valence electrons. The van der Waals surface area contributed by atoms with Crippen LogP contribution in [0.2, 0.25) is 0 Å². The van der Waals surface area contributed by atoms with E-state index in [1.807, 2.05) is 42.5 Å². The number of benzene rings is 3. The molecule has 0 spiro atoms. The van der Waals surface area contributed by atoms with Crippen LogP contribution in [0.3, 0.4) is 0 Å². The molecule has 0 aliphatic carbocycles. The van der Waals surface area contributed by atoms with E-state index in [9.17, 15) is 8.42 Å². The molecule has 0 radical (unpaired) electrons. The summed E-state index contributed by atoms with van der Waals surface area (Å²) in [5.41, 5.74) is 1.42. The van der Waals surface area contributed by atoms with Gasteiger partial charge in [0.15, 0.2) is 0 Å². The van der Waals surface area contributed by atoms with Gasteiger partial charge < -0.3 is 9.47 Å². The third-order valence-corrected chi connectivity index (χ3v) is 5.42. The standard InChI is InChI=1S/C20H20N2O4S/c1-14(17-10-6-8-15-7-4-5-9-18(15)17)21-22-27(23,24)20-12-11-16(25-2)13-19(20)26-3/h4-13,22H,1-3H3. The minimum atomic E-state index is -3.90. The molecule has 3 rings (SSSR count). The minimum absolute atomic E-state index is 0.0136. The number of sulfonamides is 1. The van der Waals surface area contributed by atoms with Gasteiger partial charge in [-0.15, -0.1) is 0 Å². The monoisotopic (exact) mass is 384 g/mol. The summed E-state index contributed by atoms with van der Waals surface area (Å²) in [7, 11) is -1.00. The summed E-state index contributed by atoms with van der Waals surface area (Å²) in [6.45, 7) is 1.76. The molecule has 6 nitrogen and oxygen atoms in total. The number of hydrazone groups is 1. The summed E-state index contributed by atoms with van der Waals surface area (Å²) in [5, 5.41) is 6.16. The smallest absolute Gasteiger partial charge is 0.280 e. The molecule has 0 aromatic heterocycles. The topological polar surface area (TPSA) is 77.0 Å². The van der Waals surface area contributed by atoms with Crippen LogP contribution in [0.5, 0.6) is 11.5 Å². The van der Waals surface area contributed by atoms with Gasteiger partial charge in [-0.1, -0.05) is 42.5 Å². The highest BCUT2D eigenvalue weighted by atomic mass is 32.2. The second kappa shape index (κ2) is 7.67. The SMILES string of the molecule is COc1ccc(S(=O)(=O)NN=C(C)c2cccc3ccccc23)c(OC)c1. The molecule has 1 N–H and O–H groups in total. The van der Waals surface area contributed by atoms with E-state index in [4.69, 9.17) is 9.47 Å². The van der Waals surface area contributed by atoms with Crippen molar-refractivity contribution in [2.45, 2.75) is 11.8 Å². The first-order valence-corrected chi connectivity index (χ1v) is 9.71. The Bertz CT molecular complexity index is 1100. The summed E-state index contributed by atoms with van der Waals surface area (Å²) >= 11 is 0. The first-order chi connectivity index (χ1) is 13.0. The quantitative estimate of drug-likeness (QED) is 0.521. The predicted octanol–water partition coefficient (Wildman–Crippen LogP) is 3.56. The fourth-order valence-corrected chi connectivity index (χ4v) is 3.79. The van der Waals surface area contributed by atoms with Gasteiger partial charge in [0.25, 0.3) is 10.0 Å². The fraction of sp³-hybridized carbons (Fsp3) is 0.150. The van der Waals surface area contributed by atoms with Crippen molar-refractivity contribution in [1.82, 2.24) is 4.83 Å². The molecular weight excluding hydrogens is 364 g/mol. The highest BCUT2D eigenvalue weighted by Gasteiger charge is 2.20. The number of ether oxygens (including phenoxy) is 2. The van der Waals surface area contributed by atoms with Gasteiger partial charge in [-0.05, 0) is 29.8 Å². The lowest BCUT2D eigenvalue weighted by Gasteiger charge is -2.11. The van der Waals surface area contributed by atoms with E-state index >= 15 is 0 Å². The van der Waals surface area contributed by atoms with E-state index in [1.165, 1.54) is 26.4 Å². The maximum absolute atomic E-state index is 12.7. The Kier molecular flexibility index (Phi) is 5.32. The average Bonchev–Trinajstić information content (AvgIpc) is 2.71. The number of fused-ring (bicyclic) bond motifs is 1. The second-order valence-corrected chi connectivity index (χ2v) is 7.46. The summed E-state index contributed by atoms with van der Waals surface area (Å²) in [4.78, 5) is 2.28. The second-order valence-electron chi connectivity index (χ2n) is 5.84. The summed E-state index contributed by atoms with van der Waals surface area (Å²) in [6, 6.07) is 18.2. The molecule has 0 amide bonds. The number of methoxy groups -OCH3 is 2. The maximum Gasteiger partial charge on any atom is 0.280 e. The predicted molar refractivity (Wildman–Crippen MR) is 106 cm³/mol. The molecule has 0 saturated heterocycles. The van der Waals surface area contributed by atoms with Crippen molar-refractivity contribution in [2.24, 2.45) is 5.10 Å². The average molecular weight is 384 g/mol. The van der Waals surface area contributed by atoms with Crippen molar-refractivity contribution in [3.8, 4) is 11.5 Å². The van der Waals surface area contributed by atoms with Crippen LogP contribution in [0, 0.1) is 0 Å². The Morgan fingerprint density at radius 1 is 0.963 bits per heavy atom. The normalized spacial score (nSPS) is 12.0. The molecule has 0 bridgehead atoms. The molecule has 0 fully saturated rings. The van der Waals surface area contributed by atoms with Gasteiger partial charge in [0.05, 0.1) is 19.9 Å². The Morgan fingerprint density at radius 2 is 1.70 bits per heavy atom. The molecule has 7 heteroatoms. The van der Waals surface area contributed by atoms with Crippen LogP contribution in [0.4, 0.5) is 0 Å². The van der Waals surface area contributed by atoms with Crippen molar-refractivity contribution in [2.75, 3.05) is 14.2 Å². The van der Waals surface area contributed by atoms with Crippen LogP contribution in [-0.4, -0.2) is 28.3 Å². The molecule has 0 heterocycles. The van der Waals surface area contributed by atoms with Crippen LogP contribution in [0.1, 0.15) is 12.5 Å². The van der Waals surface area contributed by atoms with Crippen molar-refractivity contribution in [3.05, 3.63) is 66.2 Å². The van der Waals surface area contributed by atoms with Gasteiger partial charge in [-0.2, -0.15) is 18.4 Å². The van der Waals surface area contributed by atoms with Crippen molar-refractivity contribution >= 4 is 26.5 Å². The molecule has 0 atom stereocenters. The summed E-state index contributed by atoms with van der Waals surface area (Å²) in [6.07, 6.45) is 0. The van der Waals surface area contributed by atoms with Gasteiger partial charge >= 0.3 is 0 Å². The third kappa shape index (κ3) is 3.88. The lowest BCUT2D eigenvalue weighted by Crippen LogP contribution is -2.20. The van der Waals surface area contributed by atoms with Gasteiger partial charge in [-0.25, -0.2) is 0 Å². The molecule has 0 aliphatic rings. The summed E-state index contributed by atoms with van der Waals surface area (Å²) in [5.74, 6) is 0.682. The third-order valence-electron chi connectivity index (χ3n) is 4.17. The molecule has 3 aromatic rings. The maximum atomic E-state index is 12.7. The first kappa shape index (κ1) is 18.7. The Hall–Kier alpha value is -3.06. The number of rotatable bonds is 6. The van der Waals surface area contributed by atoms with E-state index in [1.54, 1.807) is 13.0 Å². The van der Waals surface area contributed by atoms with E-state index in [-0.39, 0.29) is 10.6 Å². The van der Waals surface area contributed by atoms with Crippen LogP contribution in [0.15, 0.2) is 70.7 Å². The van der Waals surface area contributed by atoms with Crippen LogP contribution in [0.25, 0.3) is 10.8 Å². The highest BCUT2D eigenvalue weighted by molar-refractivity contribution is 7.89. The van der Waals surface area contributed by atoms with Crippen LogP contribution in [-0.2, 0) is 10.0 Å². The van der Waals surface area contributed by atoms with Gasteiger partial charge in [0.1, 0.15) is 16.4 Å². The van der Waals surface area contributed by atoms with E-state index in [0.717, 1.165) is 16.3 Å². The Labute approximate surface area is 158 Å². The zero-order valence-electron chi connectivity index (χ0n) is 15.3. The van der Waals surface area contributed by atoms with Gasteiger partial charge in [-0.3, -0.25) is 0 Å². The number of hydrogen-bond acceptors (Lipinski definition) is 5. The highest BCUT2D eigenvalue weighted by Crippen LogP contribution is 2.28. The number of nitrogens with zero attached hydrogens (tertiary/aromatic N) is 1.